The summed E-state index contributed by atoms with van der Waals surface area (Å²) in [4.78, 5) is 22.2. The van der Waals surface area contributed by atoms with Crippen molar-refractivity contribution in [2.24, 2.45) is 0 Å². The molecule has 0 radical (unpaired) electrons. The third kappa shape index (κ3) is 1.69. The van der Waals surface area contributed by atoms with Crippen LogP contribution in [0.15, 0.2) is 17.4 Å². The van der Waals surface area contributed by atoms with Crippen molar-refractivity contribution in [3.05, 3.63) is 38.0 Å². The summed E-state index contributed by atoms with van der Waals surface area (Å²) >= 11 is 1.98. The standard InChI is InChI=1S/C9H9IN4O/c1-5-6(2)14(4-13-5)8-7(10)9(15)12-3-11-8/h3-4H,1-2H3,(H,11,12,15). The molecule has 0 atom stereocenters. The average Bonchev–Trinajstić information content (AvgIpc) is 2.53. The third-order valence-electron chi connectivity index (χ3n) is 2.26. The fraction of sp³-hybridized carbons (Fsp3) is 0.222. The van der Waals surface area contributed by atoms with E-state index in [0.717, 1.165) is 11.4 Å². The maximum absolute atomic E-state index is 11.4. The van der Waals surface area contributed by atoms with Crippen LogP contribution in [0, 0.1) is 17.4 Å². The molecule has 2 aromatic heterocycles. The molecule has 0 aromatic carbocycles. The van der Waals surface area contributed by atoms with E-state index in [4.69, 9.17) is 0 Å². The molecule has 1 N–H and O–H groups in total. The van der Waals surface area contributed by atoms with Crippen LogP contribution < -0.4 is 5.56 Å². The van der Waals surface area contributed by atoms with E-state index in [-0.39, 0.29) is 5.56 Å². The fourth-order valence-electron chi connectivity index (χ4n) is 1.25. The van der Waals surface area contributed by atoms with Crippen LogP contribution in [-0.4, -0.2) is 19.5 Å². The van der Waals surface area contributed by atoms with Gasteiger partial charge in [-0.05, 0) is 36.4 Å². The van der Waals surface area contributed by atoms with E-state index in [1.54, 1.807) is 6.33 Å². The van der Waals surface area contributed by atoms with Crippen molar-refractivity contribution in [1.29, 1.82) is 0 Å². The van der Waals surface area contributed by atoms with Crippen LogP contribution in [0.4, 0.5) is 0 Å². The molecule has 15 heavy (non-hydrogen) atoms. The topological polar surface area (TPSA) is 63.6 Å². The van der Waals surface area contributed by atoms with Crippen LogP contribution in [0.5, 0.6) is 0 Å². The second-order valence-corrected chi connectivity index (χ2v) is 4.23. The van der Waals surface area contributed by atoms with Gasteiger partial charge in [0.15, 0.2) is 5.82 Å². The minimum atomic E-state index is -0.133. The average molecular weight is 316 g/mol. The number of rotatable bonds is 1. The Balaban J connectivity index is 2.70. The summed E-state index contributed by atoms with van der Waals surface area (Å²) < 4.78 is 2.38. The summed E-state index contributed by atoms with van der Waals surface area (Å²) in [5, 5.41) is 0. The van der Waals surface area contributed by atoms with E-state index < -0.39 is 0 Å². The third-order valence-corrected chi connectivity index (χ3v) is 3.23. The number of hydrogen-bond acceptors (Lipinski definition) is 3. The lowest BCUT2D eigenvalue weighted by atomic mass is 10.4. The number of nitrogens with one attached hydrogen (secondary N) is 1. The molecular weight excluding hydrogens is 307 g/mol. The molecule has 2 rings (SSSR count). The minimum absolute atomic E-state index is 0.133. The highest BCUT2D eigenvalue weighted by molar-refractivity contribution is 14.1. The van der Waals surface area contributed by atoms with E-state index in [9.17, 15) is 4.79 Å². The summed E-state index contributed by atoms with van der Waals surface area (Å²) in [5.74, 6) is 0.623. The van der Waals surface area contributed by atoms with Crippen LogP contribution in [0.25, 0.3) is 5.82 Å². The molecule has 0 aliphatic carbocycles. The molecule has 0 amide bonds. The van der Waals surface area contributed by atoms with Gasteiger partial charge in [-0.3, -0.25) is 9.36 Å². The first-order chi connectivity index (χ1) is 7.11. The SMILES string of the molecule is Cc1ncn(-c2nc[nH]c(=O)c2I)c1C. The van der Waals surface area contributed by atoms with E-state index in [1.807, 2.05) is 41.0 Å². The van der Waals surface area contributed by atoms with Crippen molar-refractivity contribution in [2.75, 3.05) is 0 Å². The second-order valence-electron chi connectivity index (χ2n) is 3.15. The van der Waals surface area contributed by atoms with Crippen LogP contribution in [0.2, 0.25) is 0 Å². The van der Waals surface area contributed by atoms with Gasteiger partial charge in [-0.15, -0.1) is 0 Å². The van der Waals surface area contributed by atoms with E-state index in [2.05, 4.69) is 15.0 Å². The largest absolute Gasteiger partial charge is 0.312 e. The Morgan fingerprint density at radius 3 is 2.73 bits per heavy atom. The summed E-state index contributed by atoms with van der Waals surface area (Å²) in [6.07, 6.45) is 3.07. The van der Waals surface area contributed by atoms with Gasteiger partial charge in [-0.1, -0.05) is 0 Å². The monoisotopic (exact) mass is 316 g/mol. The molecule has 0 aliphatic rings. The summed E-state index contributed by atoms with van der Waals surface area (Å²) in [6, 6.07) is 0. The number of hydrogen-bond donors (Lipinski definition) is 1. The highest BCUT2D eigenvalue weighted by Crippen LogP contribution is 2.13. The molecule has 0 spiro atoms. The number of aryl methyl sites for hydroxylation is 1. The molecule has 0 fully saturated rings. The van der Waals surface area contributed by atoms with Crippen molar-refractivity contribution in [3.63, 3.8) is 0 Å². The zero-order chi connectivity index (χ0) is 11.0. The molecule has 2 heterocycles. The summed E-state index contributed by atoms with van der Waals surface area (Å²) in [6.45, 7) is 3.87. The number of imidazole rings is 1. The van der Waals surface area contributed by atoms with Crippen molar-refractivity contribution in [2.45, 2.75) is 13.8 Å². The molecule has 0 aliphatic heterocycles. The highest BCUT2D eigenvalue weighted by atomic mass is 127. The second kappa shape index (κ2) is 3.76. The molecule has 6 heteroatoms. The quantitative estimate of drug-likeness (QED) is 0.804. The van der Waals surface area contributed by atoms with Crippen molar-refractivity contribution >= 4 is 22.6 Å². The lowest BCUT2D eigenvalue weighted by Crippen LogP contribution is -2.15. The number of aromatic amines is 1. The Morgan fingerprint density at radius 1 is 1.40 bits per heavy atom. The fourth-order valence-corrected chi connectivity index (χ4v) is 1.81. The van der Waals surface area contributed by atoms with E-state index >= 15 is 0 Å². The Hall–Kier alpha value is -1.18. The molecule has 0 unspecified atom stereocenters. The Labute approximate surface area is 99.7 Å². The molecule has 0 bridgehead atoms. The van der Waals surface area contributed by atoms with Gasteiger partial charge in [0.1, 0.15) is 9.90 Å². The van der Waals surface area contributed by atoms with E-state index in [1.165, 1.54) is 6.33 Å². The molecular formula is C9H9IN4O. The normalized spacial score (nSPS) is 10.6. The van der Waals surface area contributed by atoms with Crippen LogP contribution in [-0.2, 0) is 0 Å². The highest BCUT2D eigenvalue weighted by Gasteiger charge is 2.10. The number of aromatic nitrogens is 4. The first kappa shape index (κ1) is 10.3. The molecule has 0 saturated heterocycles. The van der Waals surface area contributed by atoms with Gasteiger partial charge >= 0.3 is 0 Å². The maximum Gasteiger partial charge on any atom is 0.266 e. The number of H-pyrrole nitrogens is 1. The first-order valence-electron chi connectivity index (χ1n) is 4.35. The Morgan fingerprint density at radius 2 is 2.13 bits per heavy atom. The molecule has 78 valence electrons. The van der Waals surface area contributed by atoms with Crippen LogP contribution in [0.3, 0.4) is 0 Å². The van der Waals surface area contributed by atoms with Crippen molar-refractivity contribution < 1.29 is 0 Å². The van der Waals surface area contributed by atoms with Crippen LogP contribution in [0.1, 0.15) is 11.4 Å². The van der Waals surface area contributed by atoms with Gasteiger partial charge in [0.2, 0.25) is 0 Å². The van der Waals surface area contributed by atoms with E-state index in [0.29, 0.717) is 9.39 Å². The molecule has 5 nitrogen and oxygen atoms in total. The summed E-state index contributed by atoms with van der Waals surface area (Å²) in [7, 11) is 0. The smallest absolute Gasteiger partial charge is 0.266 e. The zero-order valence-electron chi connectivity index (χ0n) is 8.28. The molecule has 2 aromatic rings. The minimum Gasteiger partial charge on any atom is -0.312 e. The summed E-state index contributed by atoms with van der Waals surface area (Å²) in [5.41, 5.74) is 1.80. The number of nitrogens with zero attached hydrogens (tertiary/aromatic N) is 3. The van der Waals surface area contributed by atoms with Gasteiger partial charge in [0.25, 0.3) is 5.56 Å². The van der Waals surface area contributed by atoms with Crippen molar-refractivity contribution in [3.8, 4) is 5.82 Å². The maximum atomic E-state index is 11.4. The Bertz CT molecular complexity index is 557. The predicted octanol–water partition coefficient (Wildman–Crippen LogP) is 1.18. The Kier molecular flexibility index (Phi) is 2.59. The van der Waals surface area contributed by atoms with Crippen molar-refractivity contribution in [1.82, 2.24) is 19.5 Å². The first-order valence-corrected chi connectivity index (χ1v) is 5.43. The lowest BCUT2D eigenvalue weighted by molar-refractivity contribution is 0.914. The van der Waals surface area contributed by atoms with Crippen LogP contribution >= 0.6 is 22.6 Å². The van der Waals surface area contributed by atoms with Gasteiger partial charge in [0.05, 0.1) is 12.0 Å². The number of halogens is 1. The molecule has 0 saturated carbocycles. The van der Waals surface area contributed by atoms with Gasteiger partial charge < -0.3 is 4.98 Å². The van der Waals surface area contributed by atoms with Gasteiger partial charge in [0, 0.05) is 5.69 Å². The predicted molar refractivity (Wildman–Crippen MR) is 64.2 cm³/mol. The lowest BCUT2D eigenvalue weighted by Gasteiger charge is -2.05. The van der Waals surface area contributed by atoms with Gasteiger partial charge in [-0.2, -0.15) is 0 Å². The zero-order valence-corrected chi connectivity index (χ0v) is 10.4. The van der Waals surface area contributed by atoms with Gasteiger partial charge in [-0.25, -0.2) is 9.97 Å².